The molecule has 1 saturated heterocycles. The van der Waals surface area contributed by atoms with Crippen LogP contribution in [-0.2, 0) is 9.59 Å². The second-order valence-electron chi connectivity index (χ2n) is 5.04. The van der Waals surface area contributed by atoms with Crippen LogP contribution in [0.4, 0.5) is 5.69 Å². The van der Waals surface area contributed by atoms with Crippen LogP contribution in [0.3, 0.4) is 0 Å². The van der Waals surface area contributed by atoms with E-state index in [-0.39, 0.29) is 17.7 Å². The Morgan fingerprint density at radius 1 is 1.45 bits per heavy atom. The maximum absolute atomic E-state index is 12.0. The fourth-order valence-electron chi connectivity index (χ4n) is 2.40. The summed E-state index contributed by atoms with van der Waals surface area (Å²) < 4.78 is 1.08. The number of anilines is 1. The van der Waals surface area contributed by atoms with E-state index in [0.717, 1.165) is 28.6 Å². The van der Waals surface area contributed by atoms with Gasteiger partial charge in [0.1, 0.15) is 0 Å². The van der Waals surface area contributed by atoms with Crippen molar-refractivity contribution in [3.8, 4) is 0 Å². The third kappa shape index (κ3) is 4.45. The highest BCUT2D eigenvalue weighted by molar-refractivity contribution is 14.1. The van der Waals surface area contributed by atoms with Crippen molar-refractivity contribution in [1.82, 2.24) is 4.90 Å². The number of hydrogen-bond acceptors (Lipinski definition) is 3. The molecule has 0 saturated carbocycles. The maximum Gasteiger partial charge on any atom is 0.238 e. The Labute approximate surface area is 132 Å². The Morgan fingerprint density at radius 2 is 2.25 bits per heavy atom. The summed E-state index contributed by atoms with van der Waals surface area (Å²) in [6.45, 7) is 1.72. The van der Waals surface area contributed by atoms with E-state index >= 15 is 0 Å². The molecule has 2 amide bonds. The number of hydrogen-bond donors (Lipinski definition) is 2. The fourth-order valence-corrected chi connectivity index (χ4v) is 2.94. The number of likely N-dealkylation sites (tertiary alicyclic amines) is 1. The molecule has 6 heteroatoms. The van der Waals surface area contributed by atoms with E-state index in [2.05, 4.69) is 27.9 Å². The number of nitrogens with one attached hydrogen (secondary N) is 1. The highest BCUT2D eigenvalue weighted by Crippen LogP contribution is 2.16. The maximum atomic E-state index is 12.0. The van der Waals surface area contributed by atoms with Crippen LogP contribution in [0.2, 0.25) is 0 Å². The topological polar surface area (TPSA) is 75.4 Å². The normalized spacial score (nSPS) is 19.6. The van der Waals surface area contributed by atoms with Gasteiger partial charge in [-0.15, -0.1) is 0 Å². The molecule has 1 aromatic carbocycles. The molecule has 0 spiro atoms. The van der Waals surface area contributed by atoms with E-state index in [4.69, 9.17) is 5.73 Å². The predicted octanol–water partition coefficient (Wildman–Crippen LogP) is 1.43. The van der Waals surface area contributed by atoms with Crippen LogP contribution in [0.15, 0.2) is 24.3 Å². The summed E-state index contributed by atoms with van der Waals surface area (Å²) in [5.41, 5.74) is 6.13. The number of primary amides is 1. The molecule has 0 bridgehead atoms. The van der Waals surface area contributed by atoms with Crippen LogP contribution in [0, 0.1) is 9.49 Å². The number of nitrogens with two attached hydrogens (primary N) is 1. The highest BCUT2D eigenvalue weighted by atomic mass is 127. The van der Waals surface area contributed by atoms with E-state index in [1.54, 1.807) is 0 Å². The molecular formula is C14H18IN3O2. The molecule has 108 valence electrons. The van der Waals surface area contributed by atoms with Crippen molar-refractivity contribution >= 4 is 40.1 Å². The number of rotatable bonds is 4. The Morgan fingerprint density at radius 3 is 2.95 bits per heavy atom. The molecule has 1 atom stereocenters. The van der Waals surface area contributed by atoms with E-state index in [1.165, 1.54) is 0 Å². The summed E-state index contributed by atoms with van der Waals surface area (Å²) in [4.78, 5) is 25.2. The lowest BCUT2D eigenvalue weighted by Gasteiger charge is -2.30. The molecule has 1 heterocycles. The average Bonchev–Trinajstić information content (AvgIpc) is 2.38. The van der Waals surface area contributed by atoms with Crippen molar-refractivity contribution in [2.45, 2.75) is 12.8 Å². The monoisotopic (exact) mass is 387 g/mol. The summed E-state index contributed by atoms with van der Waals surface area (Å²) in [5, 5.41) is 2.87. The summed E-state index contributed by atoms with van der Waals surface area (Å²) >= 11 is 2.20. The van der Waals surface area contributed by atoms with Gasteiger partial charge in [-0.2, -0.15) is 0 Å². The third-order valence-corrected chi connectivity index (χ3v) is 4.05. The van der Waals surface area contributed by atoms with Gasteiger partial charge in [-0.3, -0.25) is 14.5 Å². The van der Waals surface area contributed by atoms with Crippen molar-refractivity contribution in [1.29, 1.82) is 0 Å². The molecule has 3 N–H and O–H groups in total. The van der Waals surface area contributed by atoms with Crippen LogP contribution < -0.4 is 11.1 Å². The lowest BCUT2D eigenvalue weighted by Crippen LogP contribution is -2.44. The van der Waals surface area contributed by atoms with Crippen molar-refractivity contribution in [3.05, 3.63) is 27.8 Å². The first-order chi connectivity index (χ1) is 9.54. The molecule has 2 rings (SSSR count). The zero-order chi connectivity index (χ0) is 14.5. The van der Waals surface area contributed by atoms with Gasteiger partial charge in [0.05, 0.1) is 12.5 Å². The van der Waals surface area contributed by atoms with Crippen LogP contribution >= 0.6 is 22.6 Å². The lowest BCUT2D eigenvalue weighted by molar-refractivity contribution is -0.125. The number of amides is 2. The molecule has 0 radical (unpaired) electrons. The molecule has 20 heavy (non-hydrogen) atoms. The SMILES string of the molecule is NC(=O)[C@H]1CCCN(CC(=O)Nc2cccc(I)c2)C1. The summed E-state index contributed by atoms with van der Waals surface area (Å²) in [7, 11) is 0. The predicted molar refractivity (Wildman–Crippen MR) is 86.1 cm³/mol. The van der Waals surface area contributed by atoms with Gasteiger partial charge in [-0.05, 0) is 60.2 Å². The molecule has 0 unspecified atom stereocenters. The molecule has 1 aromatic rings. The second-order valence-corrected chi connectivity index (χ2v) is 6.28. The van der Waals surface area contributed by atoms with E-state index in [0.29, 0.717) is 13.1 Å². The number of nitrogens with zero attached hydrogens (tertiary/aromatic N) is 1. The minimum atomic E-state index is -0.271. The Kier molecular flexibility index (Phi) is 5.36. The number of carbonyl (C=O) groups excluding carboxylic acids is 2. The number of benzene rings is 1. The van der Waals surface area contributed by atoms with Gasteiger partial charge in [-0.1, -0.05) is 6.07 Å². The Bertz CT molecular complexity index is 507. The van der Waals surface area contributed by atoms with E-state index < -0.39 is 0 Å². The first-order valence-electron chi connectivity index (χ1n) is 6.61. The minimum Gasteiger partial charge on any atom is -0.369 e. The van der Waals surface area contributed by atoms with Gasteiger partial charge < -0.3 is 11.1 Å². The van der Waals surface area contributed by atoms with Crippen molar-refractivity contribution < 1.29 is 9.59 Å². The van der Waals surface area contributed by atoms with Crippen LogP contribution in [0.1, 0.15) is 12.8 Å². The molecule has 0 aliphatic carbocycles. The van der Waals surface area contributed by atoms with Crippen LogP contribution in [-0.4, -0.2) is 36.3 Å². The average molecular weight is 387 g/mol. The molecular weight excluding hydrogens is 369 g/mol. The smallest absolute Gasteiger partial charge is 0.238 e. The standard InChI is InChI=1S/C14H18IN3O2/c15-11-4-1-5-12(7-11)17-13(19)9-18-6-2-3-10(8-18)14(16)20/h1,4-5,7,10H,2-3,6,8-9H2,(H2,16,20)(H,17,19)/t10-/m0/s1. The molecule has 0 aromatic heterocycles. The van der Waals surface area contributed by atoms with Gasteiger partial charge in [-0.25, -0.2) is 0 Å². The zero-order valence-electron chi connectivity index (χ0n) is 11.1. The second kappa shape index (κ2) is 7.03. The number of piperidine rings is 1. The minimum absolute atomic E-state index is 0.0582. The molecule has 5 nitrogen and oxygen atoms in total. The van der Waals surface area contributed by atoms with E-state index in [9.17, 15) is 9.59 Å². The quantitative estimate of drug-likeness (QED) is 0.768. The lowest BCUT2D eigenvalue weighted by atomic mass is 9.97. The first kappa shape index (κ1) is 15.2. The van der Waals surface area contributed by atoms with Crippen LogP contribution in [0.25, 0.3) is 0 Å². The van der Waals surface area contributed by atoms with Gasteiger partial charge >= 0.3 is 0 Å². The highest BCUT2D eigenvalue weighted by Gasteiger charge is 2.25. The third-order valence-electron chi connectivity index (χ3n) is 3.38. The molecule has 1 fully saturated rings. The Balaban J connectivity index is 1.86. The van der Waals surface area contributed by atoms with Gasteiger partial charge in [0, 0.05) is 15.8 Å². The fraction of sp³-hybridized carbons (Fsp3) is 0.429. The van der Waals surface area contributed by atoms with Gasteiger partial charge in [0.2, 0.25) is 11.8 Å². The number of carbonyl (C=O) groups is 2. The Hall–Kier alpha value is -1.15. The molecule has 1 aliphatic heterocycles. The largest absolute Gasteiger partial charge is 0.369 e. The first-order valence-corrected chi connectivity index (χ1v) is 7.69. The summed E-state index contributed by atoms with van der Waals surface area (Å²) in [6, 6.07) is 7.66. The number of halogens is 1. The van der Waals surface area contributed by atoms with Crippen molar-refractivity contribution in [2.75, 3.05) is 25.0 Å². The summed E-state index contributed by atoms with van der Waals surface area (Å²) in [6.07, 6.45) is 1.73. The van der Waals surface area contributed by atoms with Gasteiger partial charge in [0.25, 0.3) is 0 Å². The van der Waals surface area contributed by atoms with Crippen LogP contribution in [0.5, 0.6) is 0 Å². The zero-order valence-corrected chi connectivity index (χ0v) is 13.3. The molecule has 1 aliphatic rings. The van der Waals surface area contributed by atoms with E-state index in [1.807, 2.05) is 29.2 Å². The van der Waals surface area contributed by atoms with Gasteiger partial charge in [0.15, 0.2) is 0 Å². The van der Waals surface area contributed by atoms with Crippen molar-refractivity contribution in [2.24, 2.45) is 11.7 Å². The summed E-state index contributed by atoms with van der Waals surface area (Å²) in [5.74, 6) is -0.459. The van der Waals surface area contributed by atoms with Crippen molar-refractivity contribution in [3.63, 3.8) is 0 Å².